The maximum absolute atomic E-state index is 12.5. The third kappa shape index (κ3) is 4.20. The van der Waals surface area contributed by atoms with E-state index in [0.29, 0.717) is 4.88 Å². The zero-order valence-corrected chi connectivity index (χ0v) is 15.9. The minimum absolute atomic E-state index is 0.0707. The number of nitrogens with one attached hydrogen (secondary N) is 1. The third-order valence-electron chi connectivity index (χ3n) is 3.99. The van der Waals surface area contributed by atoms with Crippen molar-refractivity contribution in [2.75, 3.05) is 12.3 Å². The molecule has 1 amide bonds. The van der Waals surface area contributed by atoms with Gasteiger partial charge in [-0.2, -0.15) is 0 Å². The molecule has 0 bridgehead atoms. The van der Waals surface area contributed by atoms with E-state index >= 15 is 0 Å². The molecule has 0 saturated carbocycles. The first kappa shape index (κ1) is 18.4. The summed E-state index contributed by atoms with van der Waals surface area (Å²) in [6.07, 6.45) is 0. The molecule has 0 unspecified atom stereocenters. The average molecular weight is 386 g/mol. The van der Waals surface area contributed by atoms with Crippen molar-refractivity contribution in [3.8, 4) is 11.1 Å². The lowest BCUT2D eigenvalue weighted by molar-refractivity contribution is 0.0960. The number of hydrogen-bond acceptors (Lipinski definition) is 4. The van der Waals surface area contributed by atoms with Gasteiger partial charge < -0.3 is 5.32 Å². The van der Waals surface area contributed by atoms with Crippen LogP contribution >= 0.6 is 11.3 Å². The lowest BCUT2D eigenvalue weighted by Gasteiger charge is -2.08. The van der Waals surface area contributed by atoms with Gasteiger partial charge in [0.2, 0.25) is 0 Å². The van der Waals surface area contributed by atoms with Gasteiger partial charge in [0.1, 0.15) is 0 Å². The van der Waals surface area contributed by atoms with Gasteiger partial charge in [-0.1, -0.05) is 48.0 Å². The van der Waals surface area contributed by atoms with E-state index in [-0.39, 0.29) is 23.1 Å². The molecule has 1 aromatic heterocycles. The van der Waals surface area contributed by atoms with Crippen molar-refractivity contribution in [2.24, 2.45) is 0 Å². The fourth-order valence-corrected chi connectivity index (χ4v) is 4.58. The predicted octanol–water partition coefficient (Wildman–Crippen LogP) is 3.93. The van der Waals surface area contributed by atoms with E-state index in [2.05, 4.69) is 5.32 Å². The number of amides is 1. The topological polar surface area (TPSA) is 63.2 Å². The van der Waals surface area contributed by atoms with Gasteiger partial charge in [-0.25, -0.2) is 8.42 Å². The maximum Gasteiger partial charge on any atom is 0.262 e. The van der Waals surface area contributed by atoms with Crippen LogP contribution in [0.1, 0.15) is 15.2 Å². The molecule has 26 heavy (non-hydrogen) atoms. The quantitative estimate of drug-likeness (QED) is 0.699. The summed E-state index contributed by atoms with van der Waals surface area (Å²) in [4.78, 5) is 13.4. The van der Waals surface area contributed by atoms with Crippen LogP contribution in [0.15, 0.2) is 70.9 Å². The smallest absolute Gasteiger partial charge is 0.262 e. The summed E-state index contributed by atoms with van der Waals surface area (Å²) >= 11 is 1.35. The van der Waals surface area contributed by atoms with Crippen molar-refractivity contribution < 1.29 is 13.2 Å². The monoisotopic (exact) mass is 385 g/mol. The summed E-state index contributed by atoms with van der Waals surface area (Å²) in [6, 6.07) is 18.1. The van der Waals surface area contributed by atoms with Crippen LogP contribution < -0.4 is 5.32 Å². The third-order valence-corrected chi connectivity index (χ3v) is 6.64. The molecule has 0 radical (unpaired) electrons. The number of carbonyl (C=O) groups excluding carboxylic acids is 1. The molecule has 0 spiro atoms. The molecule has 0 fully saturated rings. The number of hydrogen-bond donors (Lipinski definition) is 1. The molecular weight excluding hydrogens is 366 g/mol. The van der Waals surface area contributed by atoms with Crippen LogP contribution in [0.5, 0.6) is 0 Å². The van der Waals surface area contributed by atoms with Gasteiger partial charge in [0.05, 0.1) is 15.5 Å². The first-order valence-corrected chi connectivity index (χ1v) is 10.7. The van der Waals surface area contributed by atoms with Gasteiger partial charge in [-0.15, -0.1) is 11.3 Å². The molecule has 6 heteroatoms. The highest BCUT2D eigenvalue weighted by atomic mass is 32.2. The van der Waals surface area contributed by atoms with E-state index in [9.17, 15) is 13.2 Å². The Morgan fingerprint density at radius 1 is 1.00 bits per heavy atom. The van der Waals surface area contributed by atoms with Gasteiger partial charge in [0.15, 0.2) is 9.84 Å². The lowest BCUT2D eigenvalue weighted by atomic mass is 10.0. The minimum atomic E-state index is -3.40. The van der Waals surface area contributed by atoms with Crippen LogP contribution in [0, 0.1) is 6.92 Å². The first-order chi connectivity index (χ1) is 12.5. The fourth-order valence-electron chi connectivity index (χ4n) is 2.57. The highest BCUT2D eigenvalue weighted by molar-refractivity contribution is 7.91. The molecule has 4 nitrogen and oxygen atoms in total. The largest absolute Gasteiger partial charge is 0.350 e. The van der Waals surface area contributed by atoms with Crippen molar-refractivity contribution in [1.82, 2.24) is 5.32 Å². The predicted molar refractivity (Wildman–Crippen MR) is 105 cm³/mol. The van der Waals surface area contributed by atoms with Crippen LogP contribution in [0.25, 0.3) is 11.1 Å². The number of sulfone groups is 1. The number of carbonyl (C=O) groups is 1. The van der Waals surface area contributed by atoms with E-state index in [1.54, 1.807) is 30.3 Å². The molecule has 1 N–H and O–H groups in total. The summed E-state index contributed by atoms with van der Waals surface area (Å²) < 4.78 is 24.5. The zero-order chi connectivity index (χ0) is 18.6. The SMILES string of the molecule is Cc1ccc(-c2ccsc2C(=O)NCCS(=O)(=O)c2ccccc2)cc1. The van der Waals surface area contributed by atoms with Crippen LogP contribution in [-0.2, 0) is 9.84 Å². The van der Waals surface area contributed by atoms with Crippen molar-refractivity contribution in [3.63, 3.8) is 0 Å². The molecule has 0 atom stereocenters. The molecule has 134 valence electrons. The second-order valence-corrected chi connectivity index (χ2v) is 8.94. The average Bonchev–Trinajstić information content (AvgIpc) is 3.13. The van der Waals surface area contributed by atoms with Crippen molar-refractivity contribution >= 4 is 27.1 Å². The highest BCUT2D eigenvalue weighted by Crippen LogP contribution is 2.28. The van der Waals surface area contributed by atoms with Crippen molar-refractivity contribution in [3.05, 3.63) is 76.5 Å². The Bertz CT molecular complexity index is 991. The van der Waals surface area contributed by atoms with E-state index < -0.39 is 9.84 Å². The van der Waals surface area contributed by atoms with Gasteiger partial charge in [0, 0.05) is 12.1 Å². The van der Waals surface area contributed by atoms with Gasteiger partial charge in [0.25, 0.3) is 5.91 Å². The summed E-state index contributed by atoms with van der Waals surface area (Å²) in [7, 11) is -3.40. The Hall–Kier alpha value is -2.44. The number of thiophene rings is 1. The summed E-state index contributed by atoms with van der Waals surface area (Å²) in [6.45, 7) is 2.08. The zero-order valence-electron chi connectivity index (χ0n) is 14.3. The Kier molecular flexibility index (Phi) is 5.54. The van der Waals surface area contributed by atoms with Gasteiger partial charge in [-0.05, 0) is 36.1 Å². The Morgan fingerprint density at radius 2 is 1.69 bits per heavy atom. The van der Waals surface area contributed by atoms with Gasteiger partial charge in [-0.3, -0.25) is 4.79 Å². The standard InChI is InChI=1S/C20H19NO3S2/c1-15-7-9-16(10-8-15)18-11-13-25-19(18)20(22)21-12-14-26(23,24)17-5-3-2-4-6-17/h2-11,13H,12,14H2,1H3,(H,21,22). The molecule has 3 aromatic rings. The summed E-state index contributed by atoms with van der Waals surface area (Å²) in [5.74, 6) is -0.382. The normalized spacial score (nSPS) is 11.3. The Balaban J connectivity index is 1.67. The van der Waals surface area contributed by atoms with Crippen LogP contribution in [0.4, 0.5) is 0 Å². The number of aryl methyl sites for hydroxylation is 1. The minimum Gasteiger partial charge on any atom is -0.350 e. The number of benzene rings is 2. The van der Waals surface area contributed by atoms with Crippen molar-refractivity contribution in [2.45, 2.75) is 11.8 Å². The van der Waals surface area contributed by atoms with E-state index in [1.807, 2.05) is 42.6 Å². The van der Waals surface area contributed by atoms with Crippen LogP contribution in [-0.4, -0.2) is 26.6 Å². The molecule has 0 aliphatic rings. The molecule has 0 aliphatic heterocycles. The van der Waals surface area contributed by atoms with Gasteiger partial charge >= 0.3 is 0 Å². The summed E-state index contributed by atoms with van der Waals surface area (Å²) in [5.41, 5.74) is 2.98. The fraction of sp³-hybridized carbons (Fsp3) is 0.150. The lowest BCUT2D eigenvalue weighted by Crippen LogP contribution is -2.28. The van der Waals surface area contributed by atoms with E-state index in [1.165, 1.54) is 11.3 Å². The highest BCUT2D eigenvalue weighted by Gasteiger charge is 2.17. The molecule has 2 aromatic carbocycles. The second kappa shape index (κ2) is 7.85. The first-order valence-electron chi connectivity index (χ1n) is 8.18. The molecule has 0 aliphatic carbocycles. The Labute approximate surface area is 157 Å². The molecule has 0 saturated heterocycles. The second-order valence-electron chi connectivity index (χ2n) is 5.92. The van der Waals surface area contributed by atoms with E-state index in [0.717, 1.165) is 16.7 Å². The van der Waals surface area contributed by atoms with E-state index in [4.69, 9.17) is 0 Å². The molecule has 3 rings (SSSR count). The molecular formula is C20H19NO3S2. The van der Waals surface area contributed by atoms with Crippen molar-refractivity contribution in [1.29, 1.82) is 0 Å². The Morgan fingerprint density at radius 3 is 2.38 bits per heavy atom. The molecule has 1 heterocycles. The van der Waals surface area contributed by atoms with Crippen LogP contribution in [0.3, 0.4) is 0 Å². The maximum atomic E-state index is 12.5. The number of rotatable bonds is 6. The van der Waals surface area contributed by atoms with Crippen LogP contribution in [0.2, 0.25) is 0 Å². The summed E-state index contributed by atoms with van der Waals surface area (Å²) in [5, 5.41) is 4.59.